The monoisotopic (exact) mass is 662 g/mol. The highest BCUT2D eigenvalue weighted by molar-refractivity contribution is 9.11. The van der Waals surface area contributed by atoms with E-state index in [0.717, 1.165) is 45.6 Å². The molecule has 0 spiro atoms. The van der Waals surface area contributed by atoms with Gasteiger partial charge in [-0.15, -0.1) is 11.3 Å². The van der Waals surface area contributed by atoms with E-state index >= 15 is 0 Å². The molecule has 1 saturated heterocycles. The SMILES string of the molecule is CC.CC(C)(C)c1ccc(C=O)s1.CN.COC(=O)C1CN(C(=O)CCC2=CC=C(C3=NC=C(Br)CN3C)CC=C2)C1. The fourth-order valence-electron chi connectivity index (χ4n) is 4.13. The highest BCUT2D eigenvalue weighted by Gasteiger charge is 2.36. The summed E-state index contributed by atoms with van der Waals surface area (Å²) in [7, 11) is 4.91. The summed E-state index contributed by atoms with van der Waals surface area (Å²) in [5.41, 5.74) is 6.96. The second kappa shape index (κ2) is 18.7. The number of halogens is 1. The molecule has 3 heterocycles. The van der Waals surface area contributed by atoms with Crippen molar-refractivity contribution in [1.82, 2.24) is 9.80 Å². The van der Waals surface area contributed by atoms with E-state index in [1.54, 1.807) is 16.2 Å². The van der Waals surface area contributed by atoms with E-state index in [4.69, 9.17) is 4.74 Å². The molecule has 2 N–H and O–H groups in total. The molecule has 3 aliphatic rings. The van der Waals surface area contributed by atoms with E-state index in [-0.39, 0.29) is 23.2 Å². The van der Waals surface area contributed by atoms with Gasteiger partial charge < -0.3 is 20.3 Å². The van der Waals surface area contributed by atoms with Crippen LogP contribution in [0.15, 0.2) is 63.3 Å². The Hall–Kier alpha value is -2.82. The van der Waals surface area contributed by atoms with Crippen molar-refractivity contribution in [2.75, 3.05) is 40.8 Å². The number of ether oxygens (including phenoxy) is 1. The molecule has 0 radical (unpaired) electrons. The molecule has 0 unspecified atom stereocenters. The van der Waals surface area contributed by atoms with Crippen LogP contribution in [-0.2, 0) is 19.7 Å². The maximum atomic E-state index is 12.3. The summed E-state index contributed by atoms with van der Waals surface area (Å²) in [6.07, 6.45) is 13.1. The topological polar surface area (TPSA) is 105 Å². The lowest BCUT2D eigenvalue weighted by atomic mass is 9.95. The molecule has 232 valence electrons. The number of likely N-dealkylation sites (N-methyl/N-ethyl adjacent to an activating group) is 1. The van der Waals surface area contributed by atoms with Gasteiger partial charge in [-0.25, -0.2) is 4.99 Å². The number of amidine groups is 1. The quantitative estimate of drug-likeness (QED) is 0.285. The van der Waals surface area contributed by atoms with E-state index in [2.05, 4.69) is 76.6 Å². The van der Waals surface area contributed by atoms with Crippen molar-refractivity contribution in [3.8, 4) is 0 Å². The van der Waals surface area contributed by atoms with Crippen LogP contribution in [0.1, 0.15) is 68.4 Å². The maximum Gasteiger partial charge on any atom is 0.312 e. The first kappa shape index (κ1) is 37.2. The fourth-order valence-corrected chi connectivity index (χ4v) is 5.49. The number of thiophene rings is 1. The second-order valence-electron chi connectivity index (χ2n) is 10.5. The molecule has 1 aromatic rings. The van der Waals surface area contributed by atoms with E-state index < -0.39 is 0 Å². The number of rotatable bonds is 6. The van der Waals surface area contributed by atoms with E-state index in [9.17, 15) is 14.4 Å². The highest BCUT2D eigenvalue weighted by Crippen LogP contribution is 2.28. The van der Waals surface area contributed by atoms with Crippen LogP contribution in [-0.4, -0.2) is 74.6 Å². The van der Waals surface area contributed by atoms with Crippen molar-refractivity contribution in [2.45, 2.75) is 59.3 Å². The summed E-state index contributed by atoms with van der Waals surface area (Å²) in [5, 5.41) is 0. The Morgan fingerprint density at radius 2 is 1.86 bits per heavy atom. The molecular formula is C32H47BrN4O4S. The zero-order valence-corrected chi connectivity index (χ0v) is 28.7. The lowest BCUT2D eigenvalue weighted by Crippen LogP contribution is -2.53. The number of likely N-dealkylation sites (tertiary alicyclic amines) is 1. The van der Waals surface area contributed by atoms with E-state index in [0.29, 0.717) is 25.9 Å². The lowest BCUT2D eigenvalue weighted by Gasteiger charge is -2.37. The number of carbonyl (C=O) groups is 3. The van der Waals surface area contributed by atoms with E-state index in [1.165, 1.54) is 19.0 Å². The first-order chi connectivity index (χ1) is 20.0. The average molecular weight is 664 g/mol. The van der Waals surface area contributed by atoms with Gasteiger partial charge in [0.15, 0.2) is 6.29 Å². The molecule has 0 bridgehead atoms. The van der Waals surface area contributed by atoms with Crippen LogP contribution in [0.3, 0.4) is 0 Å². The van der Waals surface area contributed by atoms with Crippen LogP contribution in [0, 0.1) is 5.92 Å². The second-order valence-corrected chi connectivity index (χ2v) is 12.6. The molecule has 10 heteroatoms. The fraction of sp³-hybridized carbons (Fsp3) is 0.500. The number of nitrogens with zero attached hydrogens (tertiary/aromatic N) is 3. The molecule has 2 aliphatic heterocycles. The summed E-state index contributed by atoms with van der Waals surface area (Å²) in [5.74, 6) is 0.669. The van der Waals surface area contributed by atoms with Crippen molar-refractivity contribution < 1.29 is 19.1 Å². The van der Waals surface area contributed by atoms with Gasteiger partial charge in [0.2, 0.25) is 5.91 Å². The third-order valence-electron chi connectivity index (χ3n) is 6.41. The minimum Gasteiger partial charge on any atom is -0.469 e. The van der Waals surface area contributed by atoms with Crippen LogP contribution in [0.5, 0.6) is 0 Å². The average Bonchev–Trinajstić information content (AvgIpc) is 3.34. The summed E-state index contributed by atoms with van der Waals surface area (Å²) >= 11 is 5.05. The van der Waals surface area contributed by atoms with Crippen LogP contribution in [0.25, 0.3) is 0 Å². The summed E-state index contributed by atoms with van der Waals surface area (Å²) in [4.78, 5) is 44.5. The van der Waals surface area contributed by atoms with Gasteiger partial charge in [-0.2, -0.15) is 0 Å². The van der Waals surface area contributed by atoms with Crippen LogP contribution < -0.4 is 5.73 Å². The van der Waals surface area contributed by atoms with Crippen molar-refractivity contribution in [3.05, 3.63) is 68.0 Å². The molecule has 8 nitrogen and oxygen atoms in total. The van der Waals surface area contributed by atoms with Gasteiger partial charge >= 0.3 is 5.97 Å². The first-order valence-electron chi connectivity index (χ1n) is 14.2. The van der Waals surface area contributed by atoms with Gasteiger partial charge in [0.1, 0.15) is 5.84 Å². The number of hydrogen-bond donors (Lipinski definition) is 1. The predicted molar refractivity (Wildman–Crippen MR) is 178 cm³/mol. The Kier molecular flexibility index (Phi) is 16.5. The minimum atomic E-state index is -0.233. The van der Waals surface area contributed by atoms with Crippen LogP contribution >= 0.6 is 27.3 Å². The number of hydrogen-bond acceptors (Lipinski definition) is 8. The molecule has 0 saturated carbocycles. The van der Waals surface area contributed by atoms with Gasteiger partial charge in [-0.1, -0.05) is 74.9 Å². The number of amides is 1. The number of aldehydes is 1. The number of allylic oxidation sites excluding steroid dienone is 5. The molecule has 1 amide bonds. The highest BCUT2D eigenvalue weighted by atomic mass is 79.9. The Morgan fingerprint density at radius 3 is 2.38 bits per heavy atom. The number of esters is 1. The zero-order chi connectivity index (χ0) is 31.9. The minimum absolute atomic E-state index is 0.0873. The normalized spacial score (nSPS) is 16.2. The van der Waals surface area contributed by atoms with Crippen LogP contribution in [0.2, 0.25) is 0 Å². The zero-order valence-electron chi connectivity index (χ0n) is 26.3. The predicted octanol–water partition coefficient (Wildman–Crippen LogP) is 6.25. The number of methoxy groups -OCH3 is 1. The molecule has 42 heavy (non-hydrogen) atoms. The van der Waals surface area contributed by atoms with Gasteiger partial charge in [0, 0.05) is 42.1 Å². The Bertz CT molecular complexity index is 1200. The number of aliphatic imine (C=N–C) groups is 1. The number of nitrogens with two attached hydrogens (primary N) is 1. The smallest absolute Gasteiger partial charge is 0.312 e. The van der Waals surface area contributed by atoms with E-state index in [1.807, 2.05) is 39.2 Å². The molecule has 0 atom stereocenters. The summed E-state index contributed by atoms with van der Waals surface area (Å²) in [6, 6.07) is 3.90. The molecular weight excluding hydrogens is 616 g/mol. The molecule has 1 aliphatic carbocycles. The standard InChI is InChI=1S/C20H24BrN3O3.C9H12OS.C2H6.CH5N/c1-23-13-17(21)10-22-19(23)15-5-3-4-14(6-8-15)7-9-18(25)24-11-16(12-24)20(26)27-2;1-9(2,3)8-5-4-7(6-10)11-8;2*1-2/h3-4,6,8,10,16H,5,7,9,11-13H2,1-2H3;4-6H,1-3H3;1-2H3;2H2,1H3. The van der Waals surface area contributed by atoms with Crippen LogP contribution in [0.4, 0.5) is 0 Å². The molecule has 1 aromatic heterocycles. The maximum absolute atomic E-state index is 12.3. The Morgan fingerprint density at radius 1 is 1.19 bits per heavy atom. The van der Waals surface area contributed by atoms with Crippen molar-refractivity contribution in [3.63, 3.8) is 0 Å². The van der Waals surface area contributed by atoms with Crippen molar-refractivity contribution in [2.24, 2.45) is 16.6 Å². The molecule has 4 rings (SSSR count). The summed E-state index contributed by atoms with van der Waals surface area (Å²) < 4.78 is 5.77. The third kappa shape index (κ3) is 11.5. The van der Waals surface area contributed by atoms with Crippen molar-refractivity contribution in [1.29, 1.82) is 0 Å². The van der Waals surface area contributed by atoms with Gasteiger partial charge in [-0.05, 0) is 48.6 Å². The first-order valence-corrected chi connectivity index (χ1v) is 15.8. The Balaban J connectivity index is 0.000000491. The summed E-state index contributed by atoms with van der Waals surface area (Å²) in [6.45, 7) is 12.2. The van der Waals surface area contributed by atoms with Gasteiger partial charge in [-0.3, -0.25) is 14.4 Å². The Labute approximate surface area is 264 Å². The third-order valence-corrected chi connectivity index (χ3v) is 8.30. The van der Waals surface area contributed by atoms with Crippen molar-refractivity contribution >= 4 is 51.3 Å². The lowest BCUT2D eigenvalue weighted by molar-refractivity contribution is -0.155. The molecule has 1 fully saturated rings. The number of carbonyl (C=O) groups excluding carboxylic acids is 3. The largest absolute Gasteiger partial charge is 0.469 e. The van der Waals surface area contributed by atoms with Gasteiger partial charge in [0.05, 0.1) is 24.4 Å². The molecule has 0 aromatic carbocycles. The van der Waals surface area contributed by atoms with Gasteiger partial charge in [0.25, 0.3) is 0 Å².